The molecule has 1 radical (unpaired) electrons. The molecule has 0 bridgehead atoms. The van der Waals surface area contributed by atoms with Gasteiger partial charge in [0.1, 0.15) is 40.1 Å². The molecule has 52 heavy (non-hydrogen) atoms. The molecule has 4 N–H and O–H groups in total. The van der Waals surface area contributed by atoms with Crippen LogP contribution in [0.5, 0.6) is 23.0 Å². The second kappa shape index (κ2) is 18.3. The van der Waals surface area contributed by atoms with E-state index >= 15 is 0 Å². The third kappa shape index (κ3) is 10.4. The molecule has 273 valence electrons. The summed E-state index contributed by atoms with van der Waals surface area (Å²) in [6, 6.07) is 35.3. The summed E-state index contributed by atoms with van der Waals surface area (Å²) in [6.45, 7) is 12.9. The molecule has 9 heteroatoms. The minimum absolute atomic E-state index is 0. The zero-order chi connectivity index (χ0) is 37.2. The first-order valence-corrected chi connectivity index (χ1v) is 17.1. The van der Waals surface area contributed by atoms with Gasteiger partial charge in [-0.3, -0.25) is 0 Å². The van der Waals surface area contributed by atoms with E-state index in [1.165, 1.54) is 5.56 Å². The van der Waals surface area contributed by atoms with E-state index < -0.39 is 0 Å². The van der Waals surface area contributed by atoms with E-state index in [1.54, 1.807) is 37.4 Å². The second-order valence-corrected chi connectivity index (χ2v) is 13.6. The molecule has 6 aromatic carbocycles. The van der Waals surface area contributed by atoms with Gasteiger partial charge >= 0.3 is 0 Å². The van der Waals surface area contributed by atoms with Crippen LogP contribution in [0.15, 0.2) is 136 Å². The van der Waals surface area contributed by atoms with Crippen LogP contribution in [-0.2, 0) is 27.6 Å². The van der Waals surface area contributed by atoms with Gasteiger partial charge in [0.15, 0.2) is 0 Å². The van der Waals surface area contributed by atoms with Gasteiger partial charge in [0.2, 0.25) is 0 Å². The minimum Gasteiger partial charge on any atom is -0.508 e. The Kier molecular flexibility index (Phi) is 14.5. The molecule has 0 aliphatic heterocycles. The fourth-order valence-corrected chi connectivity index (χ4v) is 5.19. The van der Waals surface area contributed by atoms with E-state index in [9.17, 15) is 15.3 Å². The molecule has 0 spiro atoms. The number of hydrogen-bond acceptors (Lipinski definition) is 8. The molecule has 0 aliphatic rings. The number of hydrogen-bond donors (Lipinski definition) is 4. The van der Waals surface area contributed by atoms with Crippen LogP contribution in [0.1, 0.15) is 65.5 Å². The van der Waals surface area contributed by atoms with E-state index in [1.807, 2.05) is 84.9 Å². The number of nitrogens with zero attached hydrogens (tertiary/aromatic N) is 4. The van der Waals surface area contributed by atoms with Gasteiger partial charge in [0, 0.05) is 29.2 Å². The fraction of sp³-hybridized carbons (Fsp3) is 0.256. The van der Waals surface area contributed by atoms with Crippen molar-refractivity contribution in [2.75, 3.05) is 7.05 Å². The summed E-state index contributed by atoms with van der Waals surface area (Å²) in [7, 11) is 1.59. The van der Waals surface area contributed by atoms with Gasteiger partial charge < -0.3 is 20.4 Å². The van der Waals surface area contributed by atoms with Crippen LogP contribution in [0.3, 0.4) is 0 Å². The zero-order valence-corrected chi connectivity index (χ0v) is 31.8. The van der Waals surface area contributed by atoms with Gasteiger partial charge in [0.05, 0.1) is 0 Å². The van der Waals surface area contributed by atoms with E-state index in [4.69, 9.17) is 5.11 Å². The van der Waals surface area contributed by atoms with Crippen molar-refractivity contribution in [1.29, 1.82) is 0 Å². The van der Waals surface area contributed by atoms with Crippen LogP contribution < -0.4 is 0 Å². The van der Waals surface area contributed by atoms with Crippen LogP contribution >= 0.6 is 0 Å². The van der Waals surface area contributed by atoms with Crippen molar-refractivity contribution < 1.29 is 37.2 Å². The van der Waals surface area contributed by atoms with Crippen molar-refractivity contribution in [2.45, 2.75) is 65.2 Å². The molecular formula is C43H48CoN4O4. The molecule has 0 saturated carbocycles. The molecule has 6 rings (SSSR count). The van der Waals surface area contributed by atoms with E-state index in [2.05, 4.69) is 62.0 Å². The van der Waals surface area contributed by atoms with E-state index in [0.717, 1.165) is 39.9 Å². The maximum Gasteiger partial charge on any atom is 0.143 e. The van der Waals surface area contributed by atoms with Gasteiger partial charge in [-0.05, 0) is 93.4 Å². The van der Waals surface area contributed by atoms with Crippen LogP contribution in [0, 0.1) is 0 Å². The third-order valence-electron chi connectivity index (χ3n) is 9.36. The summed E-state index contributed by atoms with van der Waals surface area (Å²) in [5.41, 5.74) is 3.68. The van der Waals surface area contributed by atoms with Gasteiger partial charge in [-0.2, -0.15) is 10.2 Å². The topological polar surface area (TPSA) is 130 Å². The molecule has 0 aromatic heterocycles. The molecule has 0 aliphatic carbocycles. The Balaban J connectivity index is 0.000000229. The van der Waals surface area contributed by atoms with Gasteiger partial charge in [-0.1, -0.05) is 114 Å². The predicted octanol–water partition coefficient (Wildman–Crippen LogP) is 12.7. The van der Waals surface area contributed by atoms with E-state index in [-0.39, 0.29) is 44.9 Å². The summed E-state index contributed by atoms with van der Waals surface area (Å²) in [5.74, 6) is 0.631. The Morgan fingerprint density at radius 3 is 1.54 bits per heavy atom. The average Bonchev–Trinajstić information content (AvgIpc) is 3.13. The Morgan fingerprint density at radius 2 is 0.981 bits per heavy atom. The van der Waals surface area contributed by atoms with Crippen molar-refractivity contribution in [3.05, 3.63) is 126 Å². The number of benzene rings is 6. The maximum atomic E-state index is 10.2. The summed E-state index contributed by atoms with van der Waals surface area (Å²) in [5, 5.41) is 59.0. The zero-order valence-electron chi connectivity index (χ0n) is 30.8. The van der Waals surface area contributed by atoms with Crippen molar-refractivity contribution in [2.24, 2.45) is 20.5 Å². The Labute approximate surface area is 316 Å². The first-order valence-electron chi connectivity index (χ1n) is 17.1. The summed E-state index contributed by atoms with van der Waals surface area (Å²) in [6.07, 6.45) is 2.01. The minimum atomic E-state index is -0.0143. The fourth-order valence-electron chi connectivity index (χ4n) is 5.19. The van der Waals surface area contributed by atoms with Crippen LogP contribution in [0.4, 0.5) is 17.1 Å². The van der Waals surface area contributed by atoms with Crippen molar-refractivity contribution in [1.82, 2.24) is 0 Å². The molecule has 6 aromatic rings. The molecule has 0 fully saturated rings. The average molecular weight is 744 g/mol. The Morgan fingerprint density at radius 1 is 0.500 bits per heavy atom. The van der Waals surface area contributed by atoms with Crippen molar-refractivity contribution in [3.8, 4) is 23.0 Å². The van der Waals surface area contributed by atoms with Crippen LogP contribution in [0.2, 0.25) is 0 Å². The number of azo groups is 2. The molecule has 0 unspecified atom stereocenters. The monoisotopic (exact) mass is 743 g/mol. The SMILES string of the molecule is CCC(C)(C)c1ccc(O)c(N=NC)c1.CCC(C)(C)c1ccc(O)c(N=Nc2c(O)ccc3ccccc23)c1.Oc1ccc2ccccc2c1.[Co]. The summed E-state index contributed by atoms with van der Waals surface area (Å²) in [4.78, 5) is 0. The second-order valence-electron chi connectivity index (χ2n) is 13.6. The normalized spacial score (nSPS) is 11.5. The first kappa shape index (κ1) is 41.2. The van der Waals surface area contributed by atoms with Crippen molar-refractivity contribution >= 4 is 38.6 Å². The van der Waals surface area contributed by atoms with E-state index in [0.29, 0.717) is 22.8 Å². The number of rotatable bonds is 7. The summed E-state index contributed by atoms with van der Waals surface area (Å²) >= 11 is 0. The van der Waals surface area contributed by atoms with Crippen molar-refractivity contribution in [3.63, 3.8) is 0 Å². The number of phenols is 4. The standard InChI is InChI=1S/C21H22N2O2.C12H18N2O.C10H8O.Co/c1-4-21(2,3)15-10-12-18(24)17(13-15)22-23-20-16-8-6-5-7-14(16)9-11-19(20)25;1-5-12(2,3)9-6-7-11(15)10(8-9)14-13-4;11-10-6-5-8-3-1-2-4-9(8)7-10;/h5-13,24-25H,4H2,1-3H3;6-8,15H,5H2,1-4H3;1-7,11H;. The molecular weight excluding hydrogens is 695 g/mol. The molecule has 0 amide bonds. The van der Waals surface area contributed by atoms with Crippen LogP contribution in [-0.4, -0.2) is 27.5 Å². The van der Waals surface area contributed by atoms with Crippen LogP contribution in [0.25, 0.3) is 21.5 Å². The summed E-state index contributed by atoms with van der Waals surface area (Å²) < 4.78 is 0. The predicted molar refractivity (Wildman–Crippen MR) is 209 cm³/mol. The molecule has 0 atom stereocenters. The third-order valence-corrected chi connectivity index (χ3v) is 9.36. The Bertz CT molecular complexity index is 2160. The largest absolute Gasteiger partial charge is 0.508 e. The smallest absolute Gasteiger partial charge is 0.143 e. The molecule has 0 saturated heterocycles. The maximum absolute atomic E-state index is 10.2. The number of fused-ring (bicyclic) bond motifs is 2. The molecule has 8 nitrogen and oxygen atoms in total. The molecule has 0 heterocycles. The van der Waals surface area contributed by atoms with Gasteiger partial charge in [-0.15, -0.1) is 10.2 Å². The van der Waals surface area contributed by atoms with Gasteiger partial charge in [0.25, 0.3) is 0 Å². The van der Waals surface area contributed by atoms with Gasteiger partial charge in [-0.25, -0.2) is 0 Å². The number of phenolic OH excluding ortho intramolecular Hbond substituents is 4. The quantitative estimate of drug-likeness (QED) is 0.121. The Hall–Kier alpha value is -5.25. The first-order chi connectivity index (χ1) is 24.3. The number of aromatic hydroxyl groups is 4.